The summed E-state index contributed by atoms with van der Waals surface area (Å²) in [5, 5.41) is 13.4. The SMILES string of the molecule is CC1(C)CC(=O)C2=C(C1)Nc1cccnc1N(C(=O)CC#N)C2c1ccc(Cl)cc1Cl. The lowest BCUT2D eigenvalue weighted by atomic mass is 9.73. The molecule has 1 amide bonds. The first-order valence-corrected chi connectivity index (χ1v) is 10.6. The Morgan fingerprint density at radius 2 is 2.10 bits per heavy atom. The summed E-state index contributed by atoms with van der Waals surface area (Å²) in [6.45, 7) is 4.07. The lowest BCUT2D eigenvalue weighted by molar-refractivity contribution is -0.119. The molecular formula is C23H20Cl2N4O2. The van der Waals surface area contributed by atoms with Gasteiger partial charge in [0.15, 0.2) is 11.6 Å². The van der Waals surface area contributed by atoms with Gasteiger partial charge in [-0.05, 0) is 41.7 Å². The number of hydrogen-bond donors (Lipinski definition) is 1. The molecule has 6 nitrogen and oxygen atoms in total. The molecular weight excluding hydrogens is 435 g/mol. The van der Waals surface area contributed by atoms with Gasteiger partial charge in [-0.2, -0.15) is 5.26 Å². The summed E-state index contributed by atoms with van der Waals surface area (Å²) in [4.78, 5) is 32.5. The minimum Gasteiger partial charge on any atom is -0.355 e. The molecule has 2 heterocycles. The van der Waals surface area contributed by atoms with Crippen molar-refractivity contribution in [3.05, 3.63) is 63.4 Å². The molecule has 0 spiro atoms. The summed E-state index contributed by atoms with van der Waals surface area (Å²) >= 11 is 12.7. The van der Waals surface area contributed by atoms with E-state index in [0.717, 1.165) is 5.70 Å². The Hall–Kier alpha value is -2.88. The Morgan fingerprint density at radius 1 is 1.32 bits per heavy atom. The van der Waals surface area contributed by atoms with Crippen molar-refractivity contribution in [3.8, 4) is 6.07 Å². The van der Waals surface area contributed by atoms with Crippen LogP contribution in [0.15, 0.2) is 47.8 Å². The van der Waals surface area contributed by atoms with E-state index < -0.39 is 11.9 Å². The van der Waals surface area contributed by atoms with Gasteiger partial charge in [-0.15, -0.1) is 0 Å². The van der Waals surface area contributed by atoms with Crippen molar-refractivity contribution in [2.45, 2.75) is 39.2 Å². The number of Topliss-reactive ketones (excluding diaryl/α,β-unsaturated/α-hetero) is 1. The number of benzene rings is 1. The molecule has 1 aromatic carbocycles. The van der Waals surface area contributed by atoms with Crippen LogP contribution in [0, 0.1) is 16.7 Å². The van der Waals surface area contributed by atoms with Crippen molar-refractivity contribution in [3.63, 3.8) is 0 Å². The first-order valence-electron chi connectivity index (χ1n) is 9.84. The molecule has 4 rings (SSSR count). The fourth-order valence-corrected chi connectivity index (χ4v) is 4.81. The number of nitrogens with one attached hydrogen (secondary N) is 1. The zero-order chi connectivity index (χ0) is 22.3. The minimum absolute atomic E-state index is 0.0719. The maximum Gasteiger partial charge on any atom is 0.243 e. The van der Waals surface area contributed by atoms with Gasteiger partial charge in [-0.1, -0.05) is 43.1 Å². The highest BCUT2D eigenvalue weighted by atomic mass is 35.5. The summed E-state index contributed by atoms with van der Waals surface area (Å²) < 4.78 is 0. The number of hydrogen-bond acceptors (Lipinski definition) is 5. The van der Waals surface area contributed by atoms with Gasteiger partial charge in [-0.25, -0.2) is 4.98 Å². The first kappa shape index (κ1) is 21.4. The molecule has 1 aliphatic heterocycles. The summed E-state index contributed by atoms with van der Waals surface area (Å²) in [7, 11) is 0. The molecule has 0 saturated heterocycles. The summed E-state index contributed by atoms with van der Waals surface area (Å²) in [5.74, 6) is -0.192. The standard InChI is InChI=1S/C23H20Cl2N4O2/c1-23(2)11-17-20(18(30)12-23)21(14-6-5-13(24)10-15(14)25)29(19(31)7-8-26)22-16(28-17)4-3-9-27-22/h3-6,9-10,21,28H,7,11-12H2,1-2H3. The third-order valence-corrected chi connectivity index (χ3v) is 6.07. The van der Waals surface area contributed by atoms with E-state index in [1.165, 1.54) is 4.90 Å². The highest BCUT2D eigenvalue weighted by molar-refractivity contribution is 6.35. The fraction of sp³-hybridized carbons (Fsp3) is 0.304. The molecule has 0 radical (unpaired) electrons. The van der Waals surface area contributed by atoms with E-state index in [-0.39, 0.29) is 17.6 Å². The molecule has 0 bridgehead atoms. The lowest BCUT2D eigenvalue weighted by Crippen LogP contribution is -2.39. The van der Waals surface area contributed by atoms with E-state index in [0.29, 0.717) is 45.5 Å². The van der Waals surface area contributed by atoms with E-state index in [4.69, 9.17) is 23.2 Å². The van der Waals surface area contributed by atoms with Crippen molar-refractivity contribution in [2.75, 3.05) is 10.2 Å². The Bertz CT molecular complexity index is 1170. The van der Waals surface area contributed by atoms with Crippen LogP contribution in [0.1, 0.15) is 44.7 Å². The van der Waals surface area contributed by atoms with Crippen molar-refractivity contribution in [1.82, 2.24) is 4.98 Å². The number of nitrogens with zero attached hydrogens (tertiary/aromatic N) is 3. The number of anilines is 2. The Kier molecular flexibility index (Phi) is 5.50. The molecule has 2 aromatic rings. The average molecular weight is 455 g/mol. The third kappa shape index (κ3) is 3.91. The number of rotatable bonds is 2. The summed E-state index contributed by atoms with van der Waals surface area (Å²) in [6.07, 6.45) is 2.16. The van der Waals surface area contributed by atoms with Crippen LogP contribution in [0.2, 0.25) is 10.0 Å². The lowest BCUT2D eigenvalue weighted by Gasteiger charge is -2.36. The van der Waals surface area contributed by atoms with Crippen LogP contribution in [0.25, 0.3) is 0 Å². The third-order valence-electron chi connectivity index (χ3n) is 5.51. The minimum atomic E-state index is -0.826. The number of amides is 1. The van der Waals surface area contributed by atoms with Crippen LogP contribution in [-0.4, -0.2) is 16.7 Å². The van der Waals surface area contributed by atoms with Gasteiger partial charge in [0.05, 0.1) is 17.8 Å². The van der Waals surface area contributed by atoms with Crippen LogP contribution >= 0.6 is 23.2 Å². The quantitative estimate of drug-likeness (QED) is 0.651. The Balaban J connectivity index is 2.04. The number of allylic oxidation sites excluding steroid dienone is 1. The van der Waals surface area contributed by atoms with Crippen molar-refractivity contribution >= 4 is 46.4 Å². The summed E-state index contributed by atoms with van der Waals surface area (Å²) in [5.41, 5.74) is 2.11. The second-order valence-electron chi connectivity index (χ2n) is 8.50. The molecule has 8 heteroatoms. The van der Waals surface area contributed by atoms with Crippen LogP contribution in [-0.2, 0) is 9.59 Å². The highest BCUT2D eigenvalue weighted by Crippen LogP contribution is 2.49. The predicted molar refractivity (Wildman–Crippen MR) is 120 cm³/mol. The van der Waals surface area contributed by atoms with Gasteiger partial charge >= 0.3 is 0 Å². The second-order valence-corrected chi connectivity index (χ2v) is 9.34. The average Bonchev–Trinajstić information content (AvgIpc) is 2.81. The van der Waals surface area contributed by atoms with Crippen LogP contribution in [0.5, 0.6) is 0 Å². The number of aromatic nitrogens is 1. The largest absolute Gasteiger partial charge is 0.355 e. The second kappa shape index (κ2) is 7.99. The highest BCUT2D eigenvalue weighted by Gasteiger charge is 2.44. The van der Waals surface area contributed by atoms with Gasteiger partial charge < -0.3 is 5.32 Å². The number of pyridine rings is 1. The number of halogens is 2. The fourth-order valence-electron chi connectivity index (χ4n) is 4.30. The van der Waals surface area contributed by atoms with Crippen molar-refractivity contribution in [2.24, 2.45) is 5.41 Å². The molecule has 1 aromatic heterocycles. The number of ketones is 1. The van der Waals surface area contributed by atoms with E-state index in [9.17, 15) is 14.9 Å². The first-order chi connectivity index (χ1) is 14.7. The Labute approximate surface area is 190 Å². The number of nitriles is 1. The van der Waals surface area contributed by atoms with Gasteiger partial charge in [0.25, 0.3) is 0 Å². The van der Waals surface area contributed by atoms with E-state index in [1.54, 1.807) is 36.5 Å². The summed E-state index contributed by atoms with van der Waals surface area (Å²) in [6, 6.07) is 9.62. The molecule has 1 unspecified atom stereocenters. The number of fused-ring (bicyclic) bond motifs is 1. The van der Waals surface area contributed by atoms with Gasteiger partial charge in [0, 0.05) is 33.9 Å². The van der Waals surface area contributed by atoms with Gasteiger partial charge in [-0.3, -0.25) is 14.5 Å². The molecule has 0 fully saturated rings. The van der Waals surface area contributed by atoms with Crippen LogP contribution in [0.4, 0.5) is 11.5 Å². The van der Waals surface area contributed by atoms with Crippen LogP contribution in [0.3, 0.4) is 0 Å². The monoisotopic (exact) mass is 454 g/mol. The Morgan fingerprint density at radius 3 is 2.81 bits per heavy atom. The normalized spacial score (nSPS) is 19.6. The van der Waals surface area contributed by atoms with E-state index in [2.05, 4.69) is 10.3 Å². The van der Waals surface area contributed by atoms with E-state index in [1.807, 2.05) is 19.9 Å². The number of carbonyl (C=O) groups excluding carboxylic acids is 2. The van der Waals surface area contributed by atoms with Gasteiger partial charge in [0.2, 0.25) is 5.91 Å². The zero-order valence-electron chi connectivity index (χ0n) is 17.1. The smallest absolute Gasteiger partial charge is 0.243 e. The maximum atomic E-state index is 13.4. The van der Waals surface area contributed by atoms with Gasteiger partial charge in [0.1, 0.15) is 6.42 Å². The molecule has 31 heavy (non-hydrogen) atoms. The molecule has 1 atom stereocenters. The zero-order valence-corrected chi connectivity index (χ0v) is 18.6. The maximum absolute atomic E-state index is 13.4. The van der Waals surface area contributed by atoms with Crippen LogP contribution < -0.4 is 10.2 Å². The predicted octanol–water partition coefficient (Wildman–Crippen LogP) is 5.45. The molecule has 2 aliphatic rings. The van der Waals surface area contributed by atoms with E-state index >= 15 is 0 Å². The molecule has 1 aliphatic carbocycles. The number of carbonyl (C=O) groups is 2. The van der Waals surface area contributed by atoms with Crippen molar-refractivity contribution < 1.29 is 9.59 Å². The topological polar surface area (TPSA) is 86.1 Å². The molecule has 0 saturated carbocycles. The molecule has 1 N–H and O–H groups in total. The molecule has 158 valence electrons. The van der Waals surface area contributed by atoms with Crippen molar-refractivity contribution in [1.29, 1.82) is 5.26 Å².